The van der Waals surface area contributed by atoms with Gasteiger partial charge in [0.2, 0.25) is 10.0 Å². The first-order valence-electron chi connectivity index (χ1n) is 16.7. The van der Waals surface area contributed by atoms with E-state index in [9.17, 15) is 28.2 Å². The lowest BCUT2D eigenvalue weighted by atomic mass is 9.85. The number of ketones is 1. The fourth-order valence-electron chi connectivity index (χ4n) is 5.30. The second-order valence-electron chi connectivity index (χ2n) is 11.9. The number of hydrogen-bond acceptors (Lipinski definition) is 11. The van der Waals surface area contributed by atoms with E-state index in [1.54, 1.807) is 18.2 Å². The number of Topliss-reactive ketones (excluding diaryl/α,β-unsaturated/α-hetero) is 1. The lowest BCUT2D eigenvalue weighted by Gasteiger charge is -2.33. The van der Waals surface area contributed by atoms with Gasteiger partial charge in [-0.2, -0.15) is 0 Å². The number of carbonyl (C=O) groups excluding carboxylic acids is 2. The Morgan fingerprint density at radius 3 is 2.18 bits per heavy atom. The number of hydrogen-bond donors (Lipinski definition) is 4. The van der Waals surface area contributed by atoms with E-state index in [0.29, 0.717) is 36.2 Å². The zero-order valence-corrected chi connectivity index (χ0v) is 30.9. The van der Waals surface area contributed by atoms with Gasteiger partial charge in [-0.1, -0.05) is 42.3 Å². The second kappa shape index (κ2) is 22.0. The number of carbonyl (C=O) groups is 2. The van der Waals surface area contributed by atoms with E-state index in [1.165, 1.54) is 0 Å². The molecular weight excluding hydrogens is 713 g/mol. The number of aliphatic hydroxyl groups excluding tert-OH is 2. The lowest BCUT2D eigenvalue weighted by molar-refractivity contribution is -0.145. The van der Waals surface area contributed by atoms with Gasteiger partial charge in [0.1, 0.15) is 6.10 Å². The third-order valence-corrected chi connectivity index (χ3v) is 9.90. The highest BCUT2D eigenvalue weighted by molar-refractivity contribution is 7.89. The molecule has 3 rings (SSSR count). The Morgan fingerprint density at radius 2 is 1.52 bits per heavy atom. The molecule has 0 bridgehead atoms. The summed E-state index contributed by atoms with van der Waals surface area (Å²) in [5.41, 5.74) is 3.04. The van der Waals surface area contributed by atoms with Crippen molar-refractivity contribution in [1.29, 1.82) is 0 Å². The number of fused-ring (bicyclic) bond motifs is 1. The summed E-state index contributed by atoms with van der Waals surface area (Å²) < 4.78 is 49.7. The van der Waals surface area contributed by atoms with Crippen molar-refractivity contribution in [3.63, 3.8) is 0 Å². The first kappa shape index (κ1) is 42.2. The van der Waals surface area contributed by atoms with Gasteiger partial charge in [0, 0.05) is 61.8 Å². The highest BCUT2D eigenvalue weighted by Gasteiger charge is 2.30. The second-order valence-corrected chi connectivity index (χ2v) is 14.5. The summed E-state index contributed by atoms with van der Waals surface area (Å²) in [6.07, 6.45) is -2.40. The third kappa shape index (κ3) is 13.7. The average Bonchev–Trinajstić information content (AvgIpc) is 3.09. The minimum atomic E-state index is -3.73. The summed E-state index contributed by atoms with van der Waals surface area (Å²) in [6, 6.07) is 10.5. The van der Waals surface area contributed by atoms with Crippen molar-refractivity contribution < 1.29 is 47.2 Å². The Labute approximate surface area is 304 Å². The first-order valence-corrected chi connectivity index (χ1v) is 18.9. The minimum absolute atomic E-state index is 0.000831. The largest absolute Gasteiger partial charge is 0.382 e. The van der Waals surface area contributed by atoms with Gasteiger partial charge < -0.3 is 39.4 Å². The van der Waals surface area contributed by atoms with Crippen molar-refractivity contribution in [2.45, 2.75) is 55.8 Å². The molecule has 3 atom stereocenters. The zero-order chi connectivity index (χ0) is 36.5. The van der Waals surface area contributed by atoms with Crippen LogP contribution in [-0.2, 0) is 45.1 Å². The average molecular weight is 763 g/mol. The number of sulfonamides is 1. The third-order valence-electron chi connectivity index (χ3n) is 7.87. The molecule has 0 fully saturated rings. The zero-order valence-electron chi connectivity index (χ0n) is 28.6. The van der Waals surface area contributed by atoms with Gasteiger partial charge in [-0.15, -0.1) is 0 Å². The van der Waals surface area contributed by atoms with E-state index in [1.807, 2.05) is 32.2 Å². The molecule has 4 N–H and O–H groups in total. The minimum Gasteiger partial charge on any atom is -0.382 e. The molecule has 13 nitrogen and oxygen atoms in total. The number of halogens is 2. The lowest BCUT2D eigenvalue weighted by Crippen LogP contribution is -2.46. The number of benzene rings is 2. The van der Waals surface area contributed by atoms with Crippen LogP contribution in [0.25, 0.3) is 0 Å². The fourth-order valence-corrected chi connectivity index (χ4v) is 6.88. The Bertz CT molecular complexity index is 1470. The van der Waals surface area contributed by atoms with E-state index in [2.05, 4.69) is 14.9 Å². The quantitative estimate of drug-likeness (QED) is 0.116. The number of rotatable bonds is 24. The number of likely N-dealkylation sites (N-methyl/N-ethyl adjacent to an activating group) is 1. The molecule has 0 saturated heterocycles. The number of nitrogens with zero attached hydrogens (tertiary/aromatic N) is 1. The highest BCUT2D eigenvalue weighted by Crippen LogP contribution is 2.38. The van der Waals surface area contributed by atoms with Crippen LogP contribution < -0.4 is 10.0 Å². The molecule has 1 heterocycles. The Morgan fingerprint density at radius 1 is 0.900 bits per heavy atom. The Kier molecular flexibility index (Phi) is 18.6. The van der Waals surface area contributed by atoms with E-state index in [-0.39, 0.29) is 70.0 Å². The van der Waals surface area contributed by atoms with Crippen molar-refractivity contribution in [1.82, 2.24) is 14.9 Å². The predicted octanol–water partition coefficient (Wildman–Crippen LogP) is 2.51. The molecule has 0 spiro atoms. The number of amides is 1. The molecule has 1 amide bonds. The van der Waals surface area contributed by atoms with E-state index >= 15 is 0 Å². The summed E-state index contributed by atoms with van der Waals surface area (Å²) in [6.45, 7) is 5.86. The van der Waals surface area contributed by atoms with Crippen molar-refractivity contribution in [2.75, 3.05) is 79.5 Å². The molecule has 50 heavy (non-hydrogen) atoms. The van der Waals surface area contributed by atoms with Crippen molar-refractivity contribution >= 4 is 44.9 Å². The van der Waals surface area contributed by atoms with Crippen LogP contribution in [0.4, 0.5) is 0 Å². The van der Waals surface area contributed by atoms with Gasteiger partial charge in [-0.05, 0) is 60.8 Å². The normalized spacial score (nSPS) is 16.2. The monoisotopic (exact) mass is 761 g/mol. The van der Waals surface area contributed by atoms with Crippen LogP contribution in [0.3, 0.4) is 0 Å². The van der Waals surface area contributed by atoms with Gasteiger partial charge in [0.15, 0.2) is 11.9 Å². The molecular formula is C34H49Cl2N3O10S. The molecule has 280 valence electrons. The molecule has 2 aromatic rings. The van der Waals surface area contributed by atoms with Gasteiger partial charge >= 0.3 is 0 Å². The molecule has 1 aliphatic rings. The summed E-state index contributed by atoms with van der Waals surface area (Å²) >= 11 is 12.8. The molecule has 0 saturated carbocycles. The molecule has 0 aromatic heterocycles. The molecule has 0 aliphatic carbocycles. The van der Waals surface area contributed by atoms with Crippen LogP contribution >= 0.6 is 23.2 Å². The van der Waals surface area contributed by atoms with Crippen molar-refractivity contribution in [3.8, 4) is 0 Å². The van der Waals surface area contributed by atoms with Crippen molar-refractivity contribution in [2.24, 2.45) is 0 Å². The smallest absolute Gasteiger partial charge is 0.252 e. The van der Waals surface area contributed by atoms with Crippen LogP contribution in [-0.4, -0.2) is 127 Å². The predicted molar refractivity (Wildman–Crippen MR) is 189 cm³/mol. The fraction of sp³-hybridized carbons (Fsp3) is 0.588. The van der Waals surface area contributed by atoms with Gasteiger partial charge in [-0.3, -0.25) is 9.59 Å². The maximum atomic E-state index is 12.8. The Balaban J connectivity index is 1.23. The van der Waals surface area contributed by atoms with Gasteiger partial charge in [0.25, 0.3) is 5.91 Å². The van der Waals surface area contributed by atoms with Crippen LogP contribution in [0.2, 0.25) is 10.0 Å². The summed E-state index contributed by atoms with van der Waals surface area (Å²) in [7, 11) is -1.71. The Hall–Kier alpha value is -2.21. The maximum absolute atomic E-state index is 12.8. The van der Waals surface area contributed by atoms with Crippen LogP contribution in [0.15, 0.2) is 41.3 Å². The van der Waals surface area contributed by atoms with Crippen LogP contribution in [0, 0.1) is 0 Å². The molecule has 0 radical (unpaired) electrons. The van der Waals surface area contributed by atoms with Crippen molar-refractivity contribution in [3.05, 3.63) is 63.1 Å². The summed E-state index contributed by atoms with van der Waals surface area (Å²) in [5.74, 6) is -1.48. The van der Waals surface area contributed by atoms with Crippen LogP contribution in [0.5, 0.6) is 0 Å². The van der Waals surface area contributed by atoms with Crippen LogP contribution in [0.1, 0.15) is 48.8 Å². The number of nitrogens with one attached hydrogen (secondary N) is 2. The molecule has 1 aliphatic heterocycles. The summed E-state index contributed by atoms with van der Waals surface area (Å²) in [4.78, 5) is 26.3. The molecule has 2 aromatic carbocycles. The van der Waals surface area contributed by atoms with E-state index in [0.717, 1.165) is 29.7 Å². The molecule has 16 heteroatoms. The maximum Gasteiger partial charge on any atom is 0.252 e. The SMILES string of the molecule is CCCOCCCC(=O)[C@H](O)[C@@H](O)C(=O)NCCOCCOCCOCCNS(=O)(=O)c1ccc([C@@H]2CN(C)Cc3c(Cl)cc(Cl)cc32)cc1. The standard InChI is InChI=1S/C34H49Cl2N3O10S/c1-3-12-46-13-4-5-31(40)32(41)33(42)34(43)37-10-14-47-16-18-49-19-17-48-15-11-38-50(44,45)26-8-6-24(7-9-26)28-22-39(2)23-29-27(28)20-25(35)21-30(29)36/h6-9,20-21,28,32-33,38,41-42H,3-5,10-19,22-23H2,1-2H3,(H,37,43)/t28-,32-,33+/m0/s1. The first-order chi connectivity index (χ1) is 23.9. The number of ether oxygens (including phenoxy) is 4. The van der Waals surface area contributed by atoms with Gasteiger partial charge in [-0.25, -0.2) is 13.1 Å². The van der Waals surface area contributed by atoms with E-state index in [4.69, 9.17) is 42.1 Å². The number of aliphatic hydroxyl groups is 2. The van der Waals surface area contributed by atoms with E-state index < -0.39 is 33.9 Å². The summed E-state index contributed by atoms with van der Waals surface area (Å²) in [5, 5.41) is 23.5. The highest BCUT2D eigenvalue weighted by atomic mass is 35.5. The topological polar surface area (TPSA) is 173 Å². The van der Waals surface area contributed by atoms with Gasteiger partial charge in [0.05, 0.1) is 44.5 Å². The molecule has 0 unspecified atom stereocenters.